The normalized spacial score (nSPS) is 18.8. The smallest absolute Gasteiger partial charge is 0.0597 e. The monoisotopic (exact) mass is 196 g/mol. The van der Waals surface area contributed by atoms with Crippen LogP contribution < -0.4 is 5.32 Å². The Kier molecular flexibility index (Phi) is 2.00. The minimum atomic E-state index is 0.315. The fourth-order valence-corrected chi connectivity index (χ4v) is 2.14. The summed E-state index contributed by atoms with van der Waals surface area (Å²) in [6.07, 6.45) is 3.74. The summed E-state index contributed by atoms with van der Waals surface area (Å²) >= 11 is 0. The molecule has 15 heavy (non-hydrogen) atoms. The van der Waals surface area contributed by atoms with Gasteiger partial charge < -0.3 is 5.32 Å². The summed E-state index contributed by atoms with van der Waals surface area (Å²) in [6.45, 7) is 0.954. The predicted octanol–water partition coefficient (Wildman–Crippen LogP) is 2.27. The number of fused-ring (bicyclic) bond motifs is 1. The molecule has 0 fully saturated rings. The van der Waals surface area contributed by atoms with Crippen LogP contribution in [0.15, 0.2) is 48.8 Å². The zero-order valence-electron chi connectivity index (χ0n) is 8.35. The van der Waals surface area contributed by atoms with Crippen molar-refractivity contribution in [2.75, 3.05) is 0 Å². The van der Waals surface area contributed by atoms with E-state index in [0.717, 1.165) is 6.54 Å². The third-order valence-corrected chi connectivity index (χ3v) is 2.88. The van der Waals surface area contributed by atoms with Crippen LogP contribution in [0, 0.1) is 0 Å². The summed E-state index contributed by atoms with van der Waals surface area (Å²) in [5, 5.41) is 3.50. The quantitative estimate of drug-likeness (QED) is 0.756. The van der Waals surface area contributed by atoms with E-state index in [9.17, 15) is 0 Å². The first kappa shape index (κ1) is 8.62. The van der Waals surface area contributed by atoms with E-state index in [1.807, 2.05) is 18.5 Å². The van der Waals surface area contributed by atoms with Gasteiger partial charge >= 0.3 is 0 Å². The van der Waals surface area contributed by atoms with Gasteiger partial charge in [-0.3, -0.25) is 4.98 Å². The van der Waals surface area contributed by atoms with Gasteiger partial charge in [0.2, 0.25) is 0 Å². The fraction of sp³-hybridized carbons (Fsp3) is 0.154. The number of hydrogen-bond donors (Lipinski definition) is 1. The van der Waals surface area contributed by atoms with Gasteiger partial charge in [0.1, 0.15) is 0 Å². The van der Waals surface area contributed by atoms with Gasteiger partial charge in [0.05, 0.1) is 6.04 Å². The number of nitrogens with zero attached hydrogens (tertiary/aromatic N) is 1. The molecular weight excluding hydrogens is 184 g/mol. The van der Waals surface area contributed by atoms with Crippen molar-refractivity contribution in [3.05, 3.63) is 65.5 Å². The van der Waals surface area contributed by atoms with Crippen molar-refractivity contribution in [1.82, 2.24) is 10.3 Å². The van der Waals surface area contributed by atoms with Crippen LogP contribution in [0.2, 0.25) is 0 Å². The molecular formula is C13H12N2. The second kappa shape index (κ2) is 3.48. The number of rotatable bonds is 1. The van der Waals surface area contributed by atoms with Crippen LogP contribution in [0.4, 0.5) is 0 Å². The topological polar surface area (TPSA) is 24.9 Å². The molecule has 1 N–H and O–H groups in total. The average molecular weight is 196 g/mol. The molecule has 1 aromatic heterocycles. The van der Waals surface area contributed by atoms with Gasteiger partial charge in [0, 0.05) is 18.9 Å². The first-order chi connectivity index (χ1) is 7.45. The van der Waals surface area contributed by atoms with E-state index in [4.69, 9.17) is 0 Å². The zero-order valence-corrected chi connectivity index (χ0v) is 8.35. The maximum Gasteiger partial charge on any atom is 0.0597 e. The molecule has 2 aromatic rings. The van der Waals surface area contributed by atoms with Crippen molar-refractivity contribution in [2.24, 2.45) is 0 Å². The van der Waals surface area contributed by atoms with Crippen LogP contribution >= 0.6 is 0 Å². The Balaban J connectivity index is 2.05. The lowest BCUT2D eigenvalue weighted by Crippen LogP contribution is -2.13. The Labute approximate surface area is 89.0 Å². The number of pyridine rings is 1. The molecule has 0 saturated carbocycles. The van der Waals surface area contributed by atoms with Crippen LogP contribution in [-0.2, 0) is 6.54 Å². The van der Waals surface area contributed by atoms with Gasteiger partial charge in [-0.1, -0.05) is 30.3 Å². The molecule has 2 heteroatoms. The van der Waals surface area contributed by atoms with Gasteiger partial charge in [-0.15, -0.1) is 0 Å². The van der Waals surface area contributed by atoms with Crippen molar-refractivity contribution in [3.63, 3.8) is 0 Å². The first-order valence-corrected chi connectivity index (χ1v) is 5.16. The molecule has 0 radical (unpaired) electrons. The molecule has 74 valence electrons. The van der Waals surface area contributed by atoms with Crippen molar-refractivity contribution >= 4 is 0 Å². The Morgan fingerprint density at radius 2 is 2.07 bits per heavy atom. The summed E-state index contributed by atoms with van der Waals surface area (Å²) in [7, 11) is 0. The molecule has 0 bridgehead atoms. The maximum absolute atomic E-state index is 4.16. The van der Waals surface area contributed by atoms with Gasteiger partial charge in [-0.05, 0) is 22.8 Å². The highest BCUT2D eigenvalue weighted by Gasteiger charge is 2.22. The van der Waals surface area contributed by atoms with E-state index in [2.05, 4.69) is 40.6 Å². The Morgan fingerprint density at radius 1 is 1.13 bits per heavy atom. The van der Waals surface area contributed by atoms with E-state index < -0.39 is 0 Å². The number of benzene rings is 1. The second-order valence-corrected chi connectivity index (χ2v) is 3.80. The SMILES string of the molecule is c1cncc(C2NCc3ccccc32)c1. The van der Waals surface area contributed by atoms with Gasteiger partial charge in [0.15, 0.2) is 0 Å². The average Bonchev–Trinajstić information content (AvgIpc) is 2.74. The highest BCUT2D eigenvalue weighted by molar-refractivity contribution is 5.39. The predicted molar refractivity (Wildman–Crippen MR) is 59.4 cm³/mol. The molecule has 2 nitrogen and oxygen atoms in total. The highest BCUT2D eigenvalue weighted by Crippen LogP contribution is 2.29. The van der Waals surface area contributed by atoms with Gasteiger partial charge in [-0.2, -0.15) is 0 Å². The van der Waals surface area contributed by atoms with Crippen LogP contribution in [0.3, 0.4) is 0 Å². The van der Waals surface area contributed by atoms with E-state index in [1.165, 1.54) is 16.7 Å². The van der Waals surface area contributed by atoms with Crippen LogP contribution in [0.5, 0.6) is 0 Å². The molecule has 0 aliphatic carbocycles. The Hall–Kier alpha value is -1.67. The third kappa shape index (κ3) is 1.43. The minimum Gasteiger partial charge on any atom is -0.302 e. The molecule has 3 rings (SSSR count). The lowest BCUT2D eigenvalue weighted by Gasteiger charge is -2.11. The van der Waals surface area contributed by atoms with Crippen LogP contribution in [0.1, 0.15) is 22.7 Å². The Bertz CT molecular complexity index is 465. The zero-order chi connectivity index (χ0) is 10.1. The molecule has 0 saturated heterocycles. The summed E-state index contributed by atoms with van der Waals surface area (Å²) in [4.78, 5) is 4.16. The van der Waals surface area contributed by atoms with E-state index >= 15 is 0 Å². The third-order valence-electron chi connectivity index (χ3n) is 2.88. The molecule has 1 atom stereocenters. The molecule has 0 spiro atoms. The standard InChI is InChI=1S/C13H12N2/c1-2-6-12-10(4-1)9-15-13(12)11-5-3-7-14-8-11/h1-8,13,15H,9H2. The summed E-state index contributed by atoms with van der Waals surface area (Å²) < 4.78 is 0. The highest BCUT2D eigenvalue weighted by atomic mass is 14.9. The molecule has 1 aliphatic heterocycles. The van der Waals surface area contributed by atoms with Gasteiger partial charge in [-0.25, -0.2) is 0 Å². The molecule has 1 aliphatic rings. The summed E-state index contributed by atoms with van der Waals surface area (Å²) in [5.41, 5.74) is 4.01. The summed E-state index contributed by atoms with van der Waals surface area (Å²) in [5.74, 6) is 0. The minimum absolute atomic E-state index is 0.315. The fourth-order valence-electron chi connectivity index (χ4n) is 2.14. The summed E-state index contributed by atoms with van der Waals surface area (Å²) in [6, 6.07) is 13.0. The maximum atomic E-state index is 4.16. The van der Waals surface area contributed by atoms with Crippen molar-refractivity contribution in [1.29, 1.82) is 0 Å². The second-order valence-electron chi connectivity index (χ2n) is 3.80. The molecule has 1 unspecified atom stereocenters. The lowest BCUT2D eigenvalue weighted by molar-refractivity contribution is 0.665. The van der Waals surface area contributed by atoms with E-state index in [0.29, 0.717) is 6.04 Å². The van der Waals surface area contributed by atoms with Crippen LogP contribution in [-0.4, -0.2) is 4.98 Å². The van der Waals surface area contributed by atoms with E-state index in [-0.39, 0.29) is 0 Å². The van der Waals surface area contributed by atoms with Crippen molar-refractivity contribution in [2.45, 2.75) is 12.6 Å². The molecule has 1 aromatic carbocycles. The Morgan fingerprint density at radius 3 is 2.93 bits per heavy atom. The lowest BCUT2D eigenvalue weighted by atomic mass is 10.0. The van der Waals surface area contributed by atoms with E-state index in [1.54, 1.807) is 0 Å². The first-order valence-electron chi connectivity index (χ1n) is 5.16. The van der Waals surface area contributed by atoms with Crippen molar-refractivity contribution in [3.8, 4) is 0 Å². The molecule has 2 heterocycles. The van der Waals surface area contributed by atoms with Crippen molar-refractivity contribution < 1.29 is 0 Å². The van der Waals surface area contributed by atoms with Gasteiger partial charge in [0.25, 0.3) is 0 Å². The number of hydrogen-bond acceptors (Lipinski definition) is 2. The molecule has 0 amide bonds. The van der Waals surface area contributed by atoms with Crippen LogP contribution in [0.25, 0.3) is 0 Å². The number of aromatic nitrogens is 1. The number of nitrogens with one attached hydrogen (secondary N) is 1. The largest absolute Gasteiger partial charge is 0.302 e.